The normalized spacial score (nSPS) is 10.1. The molecule has 0 bridgehead atoms. The van der Waals surface area contributed by atoms with E-state index in [1.54, 1.807) is 0 Å². The lowest BCUT2D eigenvalue weighted by Crippen LogP contribution is -2.30. The van der Waals surface area contributed by atoms with Gasteiger partial charge in [0.25, 0.3) is 0 Å². The molecule has 17 heavy (non-hydrogen) atoms. The van der Waals surface area contributed by atoms with Crippen LogP contribution in [0.15, 0.2) is 25.3 Å². The van der Waals surface area contributed by atoms with E-state index in [0.29, 0.717) is 6.54 Å². The van der Waals surface area contributed by atoms with Gasteiger partial charge in [0.05, 0.1) is 13.2 Å². The van der Waals surface area contributed by atoms with Crippen LogP contribution in [0.25, 0.3) is 0 Å². The Kier molecular flexibility index (Phi) is 7.71. The highest BCUT2D eigenvalue weighted by Crippen LogP contribution is 2.02. The first kappa shape index (κ1) is 15.4. The number of hydrogen-bond acceptors (Lipinski definition) is 5. The molecule has 0 heterocycles. The van der Waals surface area contributed by atoms with Crippen LogP contribution in [0, 0.1) is 5.92 Å². The van der Waals surface area contributed by atoms with E-state index in [9.17, 15) is 9.59 Å². The van der Waals surface area contributed by atoms with Gasteiger partial charge in [-0.15, -0.1) is 0 Å². The fourth-order valence-corrected chi connectivity index (χ4v) is 1.19. The molecule has 0 aliphatic rings. The molecule has 0 aliphatic carbocycles. The fourth-order valence-electron chi connectivity index (χ4n) is 1.19. The lowest BCUT2D eigenvalue weighted by atomic mass is 10.1. The molecule has 0 spiro atoms. The summed E-state index contributed by atoms with van der Waals surface area (Å²) in [6.07, 6.45) is 2.20. The quantitative estimate of drug-likeness (QED) is 0.460. The average Bonchev–Trinajstić information content (AvgIpc) is 2.30. The van der Waals surface area contributed by atoms with E-state index in [1.807, 2.05) is 19.0 Å². The first-order valence-electron chi connectivity index (χ1n) is 5.22. The number of rotatable bonds is 8. The van der Waals surface area contributed by atoms with Gasteiger partial charge in [0.1, 0.15) is 0 Å². The Morgan fingerprint density at radius 3 is 1.82 bits per heavy atom. The van der Waals surface area contributed by atoms with Crippen LogP contribution in [0.3, 0.4) is 0 Å². The number of nitrogens with zero attached hydrogens (tertiary/aromatic N) is 1. The summed E-state index contributed by atoms with van der Waals surface area (Å²) in [5.74, 6) is -1.04. The smallest absolute Gasteiger partial charge is 0.330 e. The summed E-state index contributed by atoms with van der Waals surface area (Å²) in [4.78, 5) is 23.8. The minimum Gasteiger partial charge on any atom is -0.462 e. The third-order valence-electron chi connectivity index (χ3n) is 1.88. The zero-order chi connectivity index (χ0) is 13.3. The van der Waals surface area contributed by atoms with Crippen LogP contribution < -0.4 is 0 Å². The maximum atomic E-state index is 10.9. The Morgan fingerprint density at radius 1 is 1.12 bits per heavy atom. The number of carbonyl (C=O) groups is 2. The molecule has 0 radical (unpaired) electrons. The summed E-state index contributed by atoms with van der Waals surface area (Å²) in [7, 11) is 3.77. The van der Waals surface area contributed by atoms with Crippen LogP contribution in [0.5, 0.6) is 0 Å². The van der Waals surface area contributed by atoms with E-state index in [1.165, 1.54) is 0 Å². The van der Waals surface area contributed by atoms with Crippen molar-refractivity contribution in [1.82, 2.24) is 4.90 Å². The molecular weight excluding hydrogens is 222 g/mol. The van der Waals surface area contributed by atoms with Crippen LogP contribution in [-0.2, 0) is 19.1 Å². The monoisotopic (exact) mass is 241 g/mol. The molecule has 96 valence electrons. The first-order valence-corrected chi connectivity index (χ1v) is 5.22. The fraction of sp³-hybridized carbons (Fsp3) is 0.500. The highest BCUT2D eigenvalue weighted by molar-refractivity contribution is 5.81. The summed E-state index contributed by atoms with van der Waals surface area (Å²) in [5, 5.41) is 0. The van der Waals surface area contributed by atoms with Crippen LogP contribution in [0.2, 0.25) is 0 Å². The summed E-state index contributed by atoms with van der Waals surface area (Å²) < 4.78 is 9.84. The zero-order valence-electron chi connectivity index (χ0n) is 10.3. The van der Waals surface area contributed by atoms with Crippen molar-refractivity contribution >= 4 is 11.9 Å². The Hall–Kier alpha value is -1.62. The van der Waals surface area contributed by atoms with Gasteiger partial charge in [0, 0.05) is 24.6 Å². The van der Waals surface area contributed by atoms with Gasteiger partial charge in [-0.1, -0.05) is 13.2 Å². The van der Waals surface area contributed by atoms with E-state index in [0.717, 1.165) is 12.2 Å². The van der Waals surface area contributed by atoms with E-state index in [2.05, 4.69) is 13.2 Å². The zero-order valence-corrected chi connectivity index (χ0v) is 10.3. The molecule has 0 aliphatic heterocycles. The molecule has 0 amide bonds. The number of ether oxygens (including phenoxy) is 2. The van der Waals surface area contributed by atoms with Crippen molar-refractivity contribution in [2.75, 3.05) is 33.9 Å². The van der Waals surface area contributed by atoms with Crippen LogP contribution in [0.1, 0.15) is 0 Å². The molecule has 0 unspecified atom stereocenters. The molecule has 0 fully saturated rings. The van der Waals surface area contributed by atoms with Crippen molar-refractivity contribution in [2.45, 2.75) is 0 Å². The largest absolute Gasteiger partial charge is 0.462 e. The number of esters is 2. The summed E-state index contributed by atoms with van der Waals surface area (Å²) >= 11 is 0. The second kappa shape index (κ2) is 8.52. The summed E-state index contributed by atoms with van der Waals surface area (Å²) in [5.41, 5.74) is 0. The van der Waals surface area contributed by atoms with Crippen molar-refractivity contribution in [3.05, 3.63) is 25.3 Å². The van der Waals surface area contributed by atoms with Crippen molar-refractivity contribution in [1.29, 1.82) is 0 Å². The average molecular weight is 241 g/mol. The van der Waals surface area contributed by atoms with E-state index in [4.69, 9.17) is 9.47 Å². The molecule has 5 heteroatoms. The van der Waals surface area contributed by atoms with Gasteiger partial charge in [-0.2, -0.15) is 0 Å². The van der Waals surface area contributed by atoms with Gasteiger partial charge < -0.3 is 14.4 Å². The highest BCUT2D eigenvalue weighted by atomic mass is 16.5. The minimum absolute atomic E-state index is 0.0715. The molecule has 0 rings (SSSR count). The lowest BCUT2D eigenvalue weighted by molar-refractivity contribution is -0.143. The third-order valence-corrected chi connectivity index (χ3v) is 1.88. The maximum absolute atomic E-state index is 10.9. The van der Waals surface area contributed by atoms with Crippen molar-refractivity contribution < 1.29 is 19.1 Å². The Morgan fingerprint density at radius 2 is 1.53 bits per heavy atom. The van der Waals surface area contributed by atoms with E-state index in [-0.39, 0.29) is 19.1 Å². The molecule has 0 saturated carbocycles. The topological polar surface area (TPSA) is 55.8 Å². The van der Waals surface area contributed by atoms with Gasteiger partial charge in [0.15, 0.2) is 0 Å². The number of hydrogen-bond donors (Lipinski definition) is 0. The molecule has 0 aromatic carbocycles. The van der Waals surface area contributed by atoms with Gasteiger partial charge in [-0.05, 0) is 14.1 Å². The third kappa shape index (κ3) is 8.21. The molecule has 0 atom stereocenters. The SMILES string of the molecule is C=CC(=O)OCC(COC(=O)C=C)CN(C)C. The lowest BCUT2D eigenvalue weighted by Gasteiger charge is -2.20. The van der Waals surface area contributed by atoms with Crippen molar-refractivity contribution in [2.24, 2.45) is 5.92 Å². The first-order chi connectivity index (χ1) is 7.99. The van der Waals surface area contributed by atoms with Crippen molar-refractivity contribution in [3.8, 4) is 0 Å². The van der Waals surface area contributed by atoms with Crippen LogP contribution in [0.4, 0.5) is 0 Å². The highest BCUT2D eigenvalue weighted by Gasteiger charge is 2.14. The summed E-state index contributed by atoms with van der Waals surface area (Å²) in [6, 6.07) is 0. The molecule has 0 aromatic heterocycles. The minimum atomic E-state index is -0.483. The second-order valence-electron chi connectivity index (χ2n) is 3.80. The molecule has 0 N–H and O–H groups in total. The predicted molar refractivity (Wildman–Crippen MR) is 64.4 cm³/mol. The Bertz CT molecular complexity index is 262. The van der Waals surface area contributed by atoms with Crippen LogP contribution in [-0.4, -0.2) is 50.7 Å². The standard InChI is InChI=1S/C12H19NO4/c1-5-11(14)16-8-10(7-13(3)4)9-17-12(15)6-2/h5-6,10H,1-2,7-9H2,3-4H3. The van der Waals surface area contributed by atoms with Gasteiger partial charge in [-0.3, -0.25) is 0 Å². The Balaban J connectivity index is 4.12. The number of carbonyl (C=O) groups excluding carboxylic acids is 2. The van der Waals surface area contributed by atoms with Gasteiger partial charge >= 0.3 is 11.9 Å². The molecule has 0 aromatic rings. The molecule has 5 nitrogen and oxygen atoms in total. The second-order valence-corrected chi connectivity index (χ2v) is 3.80. The Labute approximate surface area is 102 Å². The van der Waals surface area contributed by atoms with Gasteiger partial charge in [-0.25, -0.2) is 9.59 Å². The molecular formula is C12H19NO4. The van der Waals surface area contributed by atoms with Crippen LogP contribution >= 0.6 is 0 Å². The van der Waals surface area contributed by atoms with Gasteiger partial charge in [0.2, 0.25) is 0 Å². The predicted octanol–water partition coefficient (Wildman–Crippen LogP) is 0.623. The van der Waals surface area contributed by atoms with E-state index < -0.39 is 11.9 Å². The van der Waals surface area contributed by atoms with Crippen molar-refractivity contribution in [3.63, 3.8) is 0 Å². The molecule has 0 saturated heterocycles. The maximum Gasteiger partial charge on any atom is 0.330 e. The van der Waals surface area contributed by atoms with E-state index >= 15 is 0 Å². The summed E-state index contributed by atoms with van der Waals surface area (Å²) in [6.45, 7) is 7.63.